The number of aromatic carboxylic acids is 1. The van der Waals surface area contributed by atoms with Gasteiger partial charge in [0.25, 0.3) is 0 Å². The fourth-order valence-corrected chi connectivity index (χ4v) is 2.13. The lowest BCUT2D eigenvalue weighted by Gasteiger charge is -2.00. The maximum Gasteiger partial charge on any atom is 0.372 e. The Morgan fingerprint density at radius 1 is 1.67 bits per heavy atom. The molecule has 1 aromatic heterocycles. The van der Waals surface area contributed by atoms with Crippen LogP contribution in [0.2, 0.25) is 0 Å². The van der Waals surface area contributed by atoms with Crippen molar-refractivity contribution in [3.63, 3.8) is 0 Å². The van der Waals surface area contributed by atoms with Crippen molar-refractivity contribution in [2.75, 3.05) is 19.5 Å². The summed E-state index contributed by atoms with van der Waals surface area (Å²) >= 11 is 0. The molecule has 0 radical (unpaired) electrons. The van der Waals surface area contributed by atoms with Crippen molar-refractivity contribution < 1.29 is 23.3 Å². The molecule has 0 aliphatic rings. The summed E-state index contributed by atoms with van der Waals surface area (Å²) in [4.78, 5) is 10.7. The zero-order chi connectivity index (χ0) is 11.3. The molecule has 1 heterocycles. The van der Waals surface area contributed by atoms with Gasteiger partial charge in [-0.25, -0.2) is 4.79 Å². The SMILES string of the molecule is COCCS(=O)Cc1ccoc1C(=O)O. The molecule has 0 aliphatic heterocycles. The van der Waals surface area contributed by atoms with Crippen molar-refractivity contribution in [1.29, 1.82) is 0 Å². The van der Waals surface area contributed by atoms with Crippen molar-refractivity contribution in [1.82, 2.24) is 0 Å². The van der Waals surface area contributed by atoms with Gasteiger partial charge in [-0.15, -0.1) is 0 Å². The Hall–Kier alpha value is -1.14. The normalized spacial score (nSPS) is 12.6. The molecule has 0 bridgehead atoms. The van der Waals surface area contributed by atoms with Gasteiger partial charge in [-0.2, -0.15) is 0 Å². The third kappa shape index (κ3) is 3.49. The number of hydrogen-bond donors (Lipinski definition) is 1. The highest BCUT2D eigenvalue weighted by Gasteiger charge is 2.15. The molecule has 1 aromatic rings. The summed E-state index contributed by atoms with van der Waals surface area (Å²) in [5, 5.41) is 8.73. The molecular formula is C9H12O5S. The Bertz CT molecular complexity index is 357. The van der Waals surface area contributed by atoms with Gasteiger partial charge in [0.1, 0.15) is 0 Å². The summed E-state index contributed by atoms with van der Waals surface area (Å²) in [6.45, 7) is 0.396. The van der Waals surface area contributed by atoms with Gasteiger partial charge in [0.2, 0.25) is 5.76 Å². The monoisotopic (exact) mass is 232 g/mol. The van der Waals surface area contributed by atoms with Crippen LogP contribution in [0.25, 0.3) is 0 Å². The molecule has 0 aliphatic carbocycles. The number of rotatable bonds is 6. The Balaban J connectivity index is 2.60. The molecule has 0 saturated carbocycles. The average Bonchev–Trinajstić information content (AvgIpc) is 2.62. The standard InChI is InChI=1S/C9H12O5S/c1-13-4-5-15(12)6-7-2-3-14-8(7)9(10)11/h2-3H,4-6H2,1H3,(H,10,11). The Kier molecular flexibility index (Phi) is 4.51. The van der Waals surface area contributed by atoms with Crippen molar-refractivity contribution in [2.45, 2.75) is 5.75 Å². The number of carbonyl (C=O) groups is 1. The highest BCUT2D eigenvalue weighted by molar-refractivity contribution is 7.84. The van der Waals surface area contributed by atoms with E-state index in [4.69, 9.17) is 14.3 Å². The molecule has 6 heteroatoms. The zero-order valence-corrected chi connectivity index (χ0v) is 9.08. The quantitative estimate of drug-likeness (QED) is 0.787. The van der Waals surface area contributed by atoms with Crippen LogP contribution in [0.3, 0.4) is 0 Å². The minimum Gasteiger partial charge on any atom is -0.475 e. The molecule has 1 unspecified atom stereocenters. The predicted molar refractivity (Wildman–Crippen MR) is 54.3 cm³/mol. The average molecular weight is 232 g/mol. The second-order valence-electron chi connectivity index (χ2n) is 2.86. The Labute approximate surface area is 89.5 Å². The van der Waals surface area contributed by atoms with Crippen LogP contribution >= 0.6 is 0 Å². The molecular weight excluding hydrogens is 220 g/mol. The van der Waals surface area contributed by atoms with E-state index in [-0.39, 0.29) is 11.5 Å². The van der Waals surface area contributed by atoms with Crippen LogP contribution in [0.4, 0.5) is 0 Å². The second-order valence-corrected chi connectivity index (χ2v) is 4.44. The molecule has 0 spiro atoms. The molecule has 5 nitrogen and oxygen atoms in total. The largest absolute Gasteiger partial charge is 0.475 e. The van der Waals surface area contributed by atoms with E-state index >= 15 is 0 Å². The number of carboxylic acid groups (broad SMARTS) is 1. The van der Waals surface area contributed by atoms with E-state index in [2.05, 4.69) is 0 Å². The Morgan fingerprint density at radius 3 is 3.00 bits per heavy atom. The summed E-state index contributed by atoms with van der Waals surface area (Å²) in [6.07, 6.45) is 1.28. The van der Waals surface area contributed by atoms with Crippen molar-refractivity contribution in [3.8, 4) is 0 Å². The fraction of sp³-hybridized carbons (Fsp3) is 0.444. The van der Waals surface area contributed by atoms with Gasteiger partial charge in [-0.05, 0) is 6.07 Å². The molecule has 0 fully saturated rings. The van der Waals surface area contributed by atoms with Crippen molar-refractivity contribution >= 4 is 16.8 Å². The lowest BCUT2D eigenvalue weighted by atomic mass is 10.3. The summed E-state index contributed by atoms with van der Waals surface area (Å²) in [5.74, 6) is -0.707. The van der Waals surface area contributed by atoms with Gasteiger partial charge < -0.3 is 14.3 Å². The summed E-state index contributed by atoms with van der Waals surface area (Å²) in [7, 11) is 0.401. The maximum atomic E-state index is 11.4. The number of hydrogen-bond acceptors (Lipinski definition) is 4. The van der Waals surface area contributed by atoms with Crippen LogP contribution in [0.15, 0.2) is 16.7 Å². The van der Waals surface area contributed by atoms with Gasteiger partial charge >= 0.3 is 5.97 Å². The van der Waals surface area contributed by atoms with Crippen LogP contribution in [-0.4, -0.2) is 34.8 Å². The first kappa shape index (κ1) is 11.9. The van der Waals surface area contributed by atoms with Crippen LogP contribution in [0, 0.1) is 0 Å². The van der Waals surface area contributed by atoms with Crippen LogP contribution < -0.4 is 0 Å². The first-order valence-electron chi connectivity index (χ1n) is 4.28. The van der Waals surface area contributed by atoms with E-state index in [9.17, 15) is 9.00 Å². The lowest BCUT2D eigenvalue weighted by molar-refractivity contribution is 0.0661. The van der Waals surface area contributed by atoms with E-state index in [1.54, 1.807) is 0 Å². The van der Waals surface area contributed by atoms with Gasteiger partial charge in [0, 0.05) is 29.2 Å². The van der Waals surface area contributed by atoms with Crippen LogP contribution in [-0.2, 0) is 21.3 Å². The molecule has 1 N–H and O–H groups in total. The summed E-state index contributed by atoms with van der Waals surface area (Å²) < 4.78 is 21.0. The lowest BCUT2D eigenvalue weighted by Crippen LogP contribution is -2.08. The van der Waals surface area contributed by atoms with Gasteiger partial charge in [0.15, 0.2) is 0 Å². The fourth-order valence-electron chi connectivity index (χ4n) is 1.06. The van der Waals surface area contributed by atoms with Crippen molar-refractivity contribution in [2.24, 2.45) is 0 Å². The predicted octanol–water partition coefficient (Wildman–Crippen LogP) is 0.873. The smallest absolute Gasteiger partial charge is 0.372 e. The molecule has 0 aromatic carbocycles. The highest BCUT2D eigenvalue weighted by Crippen LogP contribution is 2.12. The molecule has 1 rings (SSSR count). The van der Waals surface area contributed by atoms with Gasteiger partial charge in [0.05, 0.1) is 18.6 Å². The van der Waals surface area contributed by atoms with E-state index in [1.807, 2.05) is 0 Å². The minimum absolute atomic E-state index is 0.138. The number of carboxylic acids is 1. The number of furan rings is 1. The Morgan fingerprint density at radius 2 is 2.40 bits per heavy atom. The van der Waals surface area contributed by atoms with Gasteiger partial charge in [-0.3, -0.25) is 4.21 Å². The molecule has 1 atom stereocenters. The first-order valence-corrected chi connectivity index (χ1v) is 5.77. The molecule has 0 saturated heterocycles. The van der Waals surface area contributed by atoms with Crippen LogP contribution in [0.1, 0.15) is 16.1 Å². The van der Waals surface area contributed by atoms with Crippen molar-refractivity contribution in [3.05, 3.63) is 23.7 Å². The topological polar surface area (TPSA) is 76.7 Å². The molecule has 15 heavy (non-hydrogen) atoms. The maximum absolute atomic E-state index is 11.4. The number of methoxy groups -OCH3 is 1. The zero-order valence-electron chi connectivity index (χ0n) is 8.26. The summed E-state index contributed by atoms with van der Waals surface area (Å²) in [5.41, 5.74) is 0.455. The molecule has 84 valence electrons. The third-order valence-electron chi connectivity index (χ3n) is 1.77. The summed E-state index contributed by atoms with van der Waals surface area (Å²) in [6, 6.07) is 1.52. The third-order valence-corrected chi connectivity index (χ3v) is 3.03. The molecule has 0 amide bonds. The highest BCUT2D eigenvalue weighted by atomic mass is 32.2. The first-order chi connectivity index (χ1) is 7.15. The van der Waals surface area contributed by atoms with E-state index < -0.39 is 16.8 Å². The number of ether oxygens (including phenoxy) is 1. The second kappa shape index (κ2) is 5.67. The van der Waals surface area contributed by atoms with Crippen LogP contribution in [0.5, 0.6) is 0 Å². The van der Waals surface area contributed by atoms with E-state index in [0.717, 1.165) is 0 Å². The van der Waals surface area contributed by atoms with Gasteiger partial charge in [-0.1, -0.05) is 0 Å². The van der Waals surface area contributed by atoms with E-state index in [1.165, 1.54) is 19.4 Å². The minimum atomic E-state index is -1.14. The van der Waals surface area contributed by atoms with E-state index in [0.29, 0.717) is 17.9 Å².